The van der Waals surface area contributed by atoms with E-state index in [2.05, 4.69) is 45.2 Å². The summed E-state index contributed by atoms with van der Waals surface area (Å²) < 4.78 is 0. The number of aromatic amines is 1. The highest BCUT2D eigenvalue weighted by atomic mass is 32.1. The fourth-order valence-corrected chi connectivity index (χ4v) is 4.10. The van der Waals surface area contributed by atoms with Gasteiger partial charge < -0.3 is 20.1 Å². The summed E-state index contributed by atoms with van der Waals surface area (Å²) in [5.41, 5.74) is 4.91. The Morgan fingerprint density at radius 3 is 3.04 bits per heavy atom. The largest absolute Gasteiger partial charge is 0.359 e. The summed E-state index contributed by atoms with van der Waals surface area (Å²) >= 11 is 1.70. The van der Waals surface area contributed by atoms with Gasteiger partial charge in [-0.05, 0) is 26.2 Å². The average Bonchev–Trinajstić information content (AvgIpc) is 3.21. The van der Waals surface area contributed by atoms with E-state index >= 15 is 0 Å². The van der Waals surface area contributed by atoms with Crippen LogP contribution in [0.15, 0.2) is 29.8 Å². The Bertz CT molecular complexity index is 790. The van der Waals surface area contributed by atoms with Crippen molar-refractivity contribution in [3.05, 3.63) is 29.8 Å². The first kappa shape index (κ1) is 15.6. The standard InChI is InChI=1S/C17H22N6S/c1-22(2)9-12-10-23(8-7-18-12)17-15(19-11-24-17)16-20-13-5-3-4-6-14(13)21-16/h3-6,11-12,18H,7-10H2,1-2H3,(H,20,21)/t12-/m1/s1. The van der Waals surface area contributed by atoms with Crippen LogP contribution < -0.4 is 10.2 Å². The van der Waals surface area contributed by atoms with Crippen molar-refractivity contribution >= 4 is 27.4 Å². The zero-order chi connectivity index (χ0) is 16.5. The maximum atomic E-state index is 4.72. The molecule has 126 valence electrons. The fourth-order valence-electron chi connectivity index (χ4n) is 3.26. The number of aromatic nitrogens is 3. The van der Waals surface area contributed by atoms with E-state index in [1.54, 1.807) is 11.3 Å². The van der Waals surface area contributed by atoms with Crippen molar-refractivity contribution in [1.29, 1.82) is 0 Å². The van der Waals surface area contributed by atoms with E-state index in [1.807, 2.05) is 23.7 Å². The zero-order valence-corrected chi connectivity index (χ0v) is 14.8. The van der Waals surface area contributed by atoms with Crippen molar-refractivity contribution in [2.75, 3.05) is 45.2 Å². The highest BCUT2D eigenvalue weighted by Gasteiger charge is 2.24. The maximum absolute atomic E-state index is 4.72. The van der Waals surface area contributed by atoms with E-state index in [4.69, 9.17) is 4.98 Å². The van der Waals surface area contributed by atoms with Crippen LogP contribution in [-0.4, -0.2) is 66.2 Å². The number of hydrogen-bond acceptors (Lipinski definition) is 6. The number of imidazole rings is 1. The molecule has 0 amide bonds. The van der Waals surface area contributed by atoms with Crippen LogP contribution in [0.1, 0.15) is 0 Å². The third kappa shape index (κ3) is 3.02. The quantitative estimate of drug-likeness (QED) is 0.760. The maximum Gasteiger partial charge on any atom is 0.160 e. The van der Waals surface area contributed by atoms with Gasteiger partial charge in [-0.15, -0.1) is 11.3 Å². The van der Waals surface area contributed by atoms with Crippen LogP contribution >= 0.6 is 11.3 Å². The van der Waals surface area contributed by atoms with Crippen LogP contribution in [0, 0.1) is 0 Å². The molecule has 7 heteroatoms. The van der Waals surface area contributed by atoms with Crippen LogP contribution in [0.4, 0.5) is 5.00 Å². The number of likely N-dealkylation sites (N-methyl/N-ethyl adjacent to an activating group) is 1. The molecule has 24 heavy (non-hydrogen) atoms. The Morgan fingerprint density at radius 1 is 1.33 bits per heavy atom. The third-order valence-corrected chi connectivity index (χ3v) is 5.18. The van der Waals surface area contributed by atoms with Crippen LogP contribution in [0.2, 0.25) is 0 Å². The molecule has 0 bridgehead atoms. The molecule has 0 saturated carbocycles. The number of fused-ring (bicyclic) bond motifs is 1. The minimum absolute atomic E-state index is 0.472. The van der Waals surface area contributed by atoms with Crippen molar-refractivity contribution in [2.45, 2.75) is 6.04 Å². The van der Waals surface area contributed by atoms with Gasteiger partial charge in [0.15, 0.2) is 5.82 Å². The third-order valence-electron chi connectivity index (χ3n) is 4.29. The van der Waals surface area contributed by atoms with Crippen molar-refractivity contribution < 1.29 is 0 Å². The molecule has 1 atom stereocenters. The number of hydrogen-bond donors (Lipinski definition) is 2. The molecule has 0 unspecified atom stereocenters. The lowest BCUT2D eigenvalue weighted by atomic mass is 10.2. The molecule has 3 heterocycles. The van der Waals surface area contributed by atoms with Crippen molar-refractivity contribution in [1.82, 2.24) is 25.2 Å². The molecule has 2 aromatic heterocycles. The molecule has 2 N–H and O–H groups in total. The van der Waals surface area contributed by atoms with Gasteiger partial charge in [0.05, 0.1) is 16.5 Å². The van der Waals surface area contributed by atoms with Crippen LogP contribution in [0.3, 0.4) is 0 Å². The van der Waals surface area contributed by atoms with E-state index in [0.717, 1.165) is 48.7 Å². The van der Waals surface area contributed by atoms with E-state index in [1.165, 1.54) is 5.00 Å². The highest BCUT2D eigenvalue weighted by Crippen LogP contribution is 2.33. The molecule has 1 saturated heterocycles. The number of nitrogens with one attached hydrogen (secondary N) is 2. The number of rotatable bonds is 4. The number of H-pyrrole nitrogens is 1. The Morgan fingerprint density at radius 2 is 2.21 bits per heavy atom. The SMILES string of the molecule is CN(C)C[C@@H]1CN(c2scnc2-c2nc3ccccc3[nH]2)CCN1. The number of thiazole rings is 1. The Hall–Kier alpha value is -1.96. The number of para-hydroxylation sites is 2. The number of piperazine rings is 1. The highest BCUT2D eigenvalue weighted by molar-refractivity contribution is 7.14. The average molecular weight is 342 g/mol. The topological polar surface area (TPSA) is 60.1 Å². The summed E-state index contributed by atoms with van der Waals surface area (Å²) in [7, 11) is 4.24. The molecule has 1 aliphatic heterocycles. The molecular formula is C17H22N6S. The fraction of sp³-hybridized carbons (Fsp3) is 0.412. The molecule has 0 radical (unpaired) electrons. The lowest BCUT2D eigenvalue weighted by Crippen LogP contribution is -2.54. The predicted molar refractivity (Wildman–Crippen MR) is 99.8 cm³/mol. The minimum Gasteiger partial charge on any atom is -0.359 e. The summed E-state index contributed by atoms with van der Waals surface area (Å²) in [6, 6.07) is 8.58. The zero-order valence-electron chi connectivity index (χ0n) is 14.0. The number of nitrogens with zero attached hydrogens (tertiary/aromatic N) is 4. The summed E-state index contributed by atoms with van der Waals surface area (Å²) in [5, 5.41) is 4.81. The van der Waals surface area contributed by atoms with Crippen molar-refractivity contribution in [3.63, 3.8) is 0 Å². The molecule has 1 fully saturated rings. The molecular weight excluding hydrogens is 320 g/mol. The molecule has 1 aromatic carbocycles. The second-order valence-corrected chi connectivity index (χ2v) is 7.30. The minimum atomic E-state index is 0.472. The lowest BCUT2D eigenvalue weighted by molar-refractivity contribution is 0.323. The Kier molecular flexibility index (Phi) is 4.22. The van der Waals surface area contributed by atoms with Crippen molar-refractivity contribution in [3.8, 4) is 11.5 Å². The van der Waals surface area contributed by atoms with E-state index < -0.39 is 0 Å². The molecule has 0 spiro atoms. The number of benzene rings is 1. The monoisotopic (exact) mass is 342 g/mol. The van der Waals surface area contributed by atoms with Crippen LogP contribution in [0.5, 0.6) is 0 Å². The first-order chi connectivity index (χ1) is 11.7. The summed E-state index contributed by atoms with van der Waals surface area (Å²) in [4.78, 5) is 17.4. The van der Waals surface area contributed by atoms with Crippen LogP contribution in [-0.2, 0) is 0 Å². The molecule has 4 rings (SSSR count). The van der Waals surface area contributed by atoms with E-state index in [-0.39, 0.29) is 0 Å². The van der Waals surface area contributed by atoms with Gasteiger partial charge in [-0.2, -0.15) is 0 Å². The van der Waals surface area contributed by atoms with Gasteiger partial charge in [-0.25, -0.2) is 9.97 Å². The first-order valence-electron chi connectivity index (χ1n) is 8.22. The Labute approximate surface area is 145 Å². The molecule has 0 aliphatic carbocycles. The molecule has 6 nitrogen and oxygen atoms in total. The summed E-state index contributed by atoms with van der Waals surface area (Å²) in [6.07, 6.45) is 0. The Balaban J connectivity index is 1.62. The summed E-state index contributed by atoms with van der Waals surface area (Å²) in [5.74, 6) is 0.857. The van der Waals surface area contributed by atoms with Crippen LogP contribution in [0.25, 0.3) is 22.6 Å². The van der Waals surface area contributed by atoms with Gasteiger partial charge in [0, 0.05) is 32.2 Å². The van der Waals surface area contributed by atoms with Gasteiger partial charge in [0.25, 0.3) is 0 Å². The normalized spacial score (nSPS) is 18.6. The second-order valence-electron chi connectivity index (χ2n) is 6.47. The van der Waals surface area contributed by atoms with E-state index in [9.17, 15) is 0 Å². The summed E-state index contributed by atoms with van der Waals surface area (Å²) in [6.45, 7) is 4.03. The number of anilines is 1. The van der Waals surface area contributed by atoms with Crippen molar-refractivity contribution in [2.24, 2.45) is 0 Å². The van der Waals surface area contributed by atoms with Gasteiger partial charge in [-0.3, -0.25) is 0 Å². The van der Waals surface area contributed by atoms with Gasteiger partial charge in [0.1, 0.15) is 10.7 Å². The van der Waals surface area contributed by atoms with E-state index in [0.29, 0.717) is 6.04 Å². The lowest BCUT2D eigenvalue weighted by Gasteiger charge is -2.35. The predicted octanol–water partition coefficient (Wildman–Crippen LogP) is 2.03. The molecule has 3 aromatic rings. The first-order valence-corrected chi connectivity index (χ1v) is 9.10. The second kappa shape index (κ2) is 6.51. The molecule has 1 aliphatic rings. The van der Waals surface area contributed by atoms with Gasteiger partial charge in [0.2, 0.25) is 0 Å². The smallest absolute Gasteiger partial charge is 0.160 e. The van der Waals surface area contributed by atoms with Gasteiger partial charge in [-0.1, -0.05) is 12.1 Å². The van der Waals surface area contributed by atoms with Gasteiger partial charge >= 0.3 is 0 Å².